The van der Waals surface area contributed by atoms with Gasteiger partial charge in [0.15, 0.2) is 0 Å². The summed E-state index contributed by atoms with van der Waals surface area (Å²) < 4.78 is 9.87. The molecule has 0 aromatic heterocycles. The lowest BCUT2D eigenvalue weighted by molar-refractivity contribution is -0.147. The number of rotatable bonds is 3. The van der Waals surface area contributed by atoms with Crippen molar-refractivity contribution in [2.75, 3.05) is 26.5 Å². The van der Waals surface area contributed by atoms with Gasteiger partial charge < -0.3 is 20.1 Å². The number of piperidine rings is 1. The number of carbonyl (C=O) groups is 2. The van der Waals surface area contributed by atoms with Crippen molar-refractivity contribution in [2.24, 2.45) is 0 Å². The molecular weight excluding hydrogens is 272 g/mol. The van der Waals surface area contributed by atoms with E-state index in [9.17, 15) is 9.59 Å². The van der Waals surface area contributed by atoms with E-state index in [0.29, 0.717) is 30.0 Å². The number of ether oxygens (including phenoxy) is 2. The number of esters is 1. The summed E-state index contributed by atoms with van der Waals surface area (Å²) in [5.74, 6) is -0.0568. The molecule has 6 nitrogen and oxygen atoms in total. The lowest BCUT2D eigenvalue weighted by Crippen LogP contribution is -2.48. The molecule has 0 aliphatic carbocycles. The van der Waals surface area contributed by atoms with E-state index >= 15 is 0 Å². The van der Waals surface area contributed by atoms with E-state index in [1.165, 1.54) is 14.2 Å². The maximum atomic E-state index is 12.6. The second-order valence-electron chi connectivity index (χ2n) is 4.99. The first-order valence-corrected chi connectivity index (χ1v) is 6.90. The summed E-state index contributed by atoms with van der Waals surface area (Å²) in [5.41, 5.74) is 6.68. The number of hydrogen-bond donors (Lipinski definition) is 1. The van der Waals surface area contributed by atoms with E-state index < -0.39 is 6.04 Å². The number of amides is 1. The first-order valence-electron chi connectivity index (χ1n) is 6.90. The van der Waals surface area contributed by atoms with Gasteiger partial charge >= 0.3 is 5.97 Å². The molecule has 114 valence electrons. The molecule has 1 aromatic rings. The average Bonchev–Trinajstić information content (AvgIpc) is 2.53. The highest BCUT2D eigenvalue weighted by Gasteiger charge is 2.33. The van der Waals surface area contributed by atoms with Crippen molar-refractivity contribution in [2.45, 2.75) is 25.3 Å². The number of nitrogen functional groups attached to an aromatic ring is 1. The fraction of sp³-hybridized carbons (Fsp3) is 0.467. The molecule has 1 aliphatic heterocycles. The van der Waals surface area contributed by atoms with Gasteiger partial charge in [0.1, 0.15) is 11.8 Å². The van der Waals surface area contributed by atoms with Crippen LogP contribution in [0, 0.1) is 0 Å². The Balaban J connectivity index is 2.24. The van der Waals surface area contributed by atoms with E-state index in [1.54, 1.807) is 23.1 Å². The van der Waals surface area contributed by atoms with Gasteiger partial charge in [-0.2, -0.15) is 0 Å². The molecule has 1 heterocycles. The molecular formula is C15H20N2O4. The summed E-state index contributed by atoms with van der Waals surface area (Å²) in [4.78, 5) is 26.0. The molecule has 1 amide bonds. The number of likely N-dealkylation sites (tertiary alicyclic amines) is 1. The molecule has 1 saturated heterocycles. The molecule has 1 fully saturated rings. The molecule has 0 radical (unpaired) electrons. The van der Waals surface area contributed by atoms with Crippen LogP contribution in [0.1, 0.15) is 29.6 Å². The van der Waals surface area contributed by atoms with Gasteiger partial charge in [0.05, 0.1) is 19.9 Å². The fourth-order valence-corrected chi connectivity index (χ4v) is 2.59. The predicted molar refractivity (Wildman–Crippen MR) is 78.1 cm³/mol. The number of anilines is 1. The summed E-state index contributed by atoms with van der Waals surface area (Å²) >= 11 is 0. The van der Waals surface area contributed by atoms with Crippen LogP contribution in [0.3, 0.4) is 0 Å². The zero-order valence-electron chi connectivity index (χ0n) is 12.3. The minimum absolute atomic E-state index is 0.209. The number of benzene rings is 1. The van der Waals surface area contributed by atoms with Crippen molar-refractivity contribution in [1.82, 2.24) is 4.90 Å². The van der Waals surface area contributed by atoms with Gasteiger partial charge in [0.2, 0.25) is 0 Å². The van der Waals surface area contributed by atoms with Crippen LogP contribution >= 0.6 is 0 Å². The molecule has 0 bridgehead atoms. The minimum Gasteiger partial charge on any atom is -0.495 e. The monoisotopic (exact) mass is 292 g/mol. The topological polar surface area (TPSA) is 81.9 Å². The third-order valence-corrected chi connectivity index (χ3v) is 3.71. The minimum atomic E-state index is -0.514. The van der Waals surface area contributed by atoms with E-state index in [0.717, 1.165) is 12.8 Å². The van der Waals surface area contributed by atoms with Crippen LogP contribution in [0.5, 0.6) is 5.75 Å². The second kappa shape index (κ2) is 6.47. The quantitative estimate of drug-likeness (QED) is 0.673. The number of methoxy groups -OCH3 is 2. The first kappa shape index (κ1) is 15.2. The molecule has 21 heavy (non-hydrogen) atoms. The van der Waals surface area contributed by atoms with E-state index in [4.69, 9.17) is 15.2 Å². The largest absolute Gasteiger partial charge is 0.495 e. The molecule has 0 spiro atoms. The Bertz CT molecular complexity index is 544. The first-order chi connectivity index (χ1) is 10.1. The van der Waals surface area contributed by atoms with Gasteiger partial charge in [-0.05, 0) is 37.5 Å². The number of nitrogens with zero attached hydrogens (tertiary/aromatic N) is 1. The van der Waals surface area contributed by atoms with Gasteiger partial charge in [-0.25, -0.2) is 4.79 Å². The predicted octanol–water partition coefficient (Wildman–Crippen LogP) is 1.45. The van der Waals surface area contributed by atoms with Gasteiger partial charge in [0.25, 0.3) is 5.91 Å². The normalized spacial score (nSPS) is 18.2. The molecule has 1 aliphatic rings. The van der Waals surface area contributed by atoms with Crippen LogP contribution in [0.25, 0.3) is 0 Å². The summed E-state index contributed by atoms with van der Waals surface area (Å²) in [7, 11) is 2.86. The maximum Gasteiger partial charge on any atom is 0.328 e. The summed E-state index contributed by atoms with van der Waals surface area (Å²) in [6, 6.07) is 4.36. The van der Waals surface area contributed by atoms with E-state index in [2.05, 4.69) is 0 Å². The maximum absolute atomic E-state index is 12.6. The highest BCUT2D eigenvalue weighted by Crippen LogP contribution is 2.25. The van der Waals surface area contributed by atoms with Crippen LogP contribution in [-0.2, 0) is 9.53 Å². The third-order valence-electron chi connectivity index (χ3n) is 3.71. The lowest BCUT2D eigenvalue weighted by Gasteiger charge is -2.33. The van der Waals surface area contributed by atoms with Crippen molar-refractivity contribution < 1.29 is 19.1 Å². The molecule has 1 unspecified atom stereocenters. The number of hydrogen-bond acceptors (Lipinski definition) is 5. The SMILES string of the molecule is COC(=O)C1CCCCN1C(=O)c1ccc(OC)c(N)c1. The Morgan fingerprint density at radius 1 is 1.29 bits per heavy atom. The van der Waals surface area contributed by atoms with Gasteiger partial charge in [-0.15, -0.1) is 0 Å². The second-order valence-corrected chi connectivity index (χ2v) is 4.99. The smallest absolute Gasteiger partial charge is 0.328 e. The Hall–Kier alpha value is -2.24. The van der Waals surface area contributed by atoms with Crippen LogP contribution < -0.4 is 10.5 Å². The molecule has 1 atom stereocenters. The summed E-state index contributed by atoms with van der Waals surface area (Å²) in [5, 5.41) is 0. The highest BCUT2D eigenvalue weighted by molar-refractivity contribution is 5.98. The third kappa shape index (κ3) is 3.09. The van der Waals surface area contributed by atoms with Gasteiger partial charge in [-0.3, -0.25) is 4.79 Å². The molecule has 2 rings (SSSR count). The van der Waals surface area contributed by atoms with Crippen molar-refractivity contribution in [1.29, 1.82) is 0 Å². The Kier molecular flexibility index (Phi) is 4.67. The van der Waals surface area contributed by atoms with Gasteiger partial charge in [-0.1, -0.05) is 0 Å². The van der Waals surface area contributed by atoms with Crippen molar-refractivity contribution in [3.8, 4) is 5.75 Å². The van der Waals surface area contributed by atoms with E-state index in [1.807, 2.05) is 0 Å². The van der Waals surface area contributed by atoms with Crippen molar-refractivity contribution in [3.05, 3.63) is 23.8 Å². The highest BCUT2D eigenvalue weighted by atomic mass is 16.5. The molecule has 2 N–H and O–H groups in total. The molecule has 1 aromatic carbocycles. The Morgan fingerprint density at radius 3 is 2.67 bits per heavy atom. The van der Waals surface area contributed by atoms with Crippen molar-refractivity contribution in [3.63, 3.8) is 0 Å². The number of carbonyl (C=O) groups excluding carboxylic acids is 2. The zero-order valence-corrected chi connectivity index (χ0v) is 12.3. The lowest BCUT2D eigenvalue weighted by atomic mass is 10.0. The fourth-order valence-electron chi connectivity index (χ4n) is 2.59. The van der Waals surface area contributed by atoms with Crippen molar-refractivity contribution >= 4 is 17.6 Å². The summed E-state index contributed by atoms with van der Waals surface area (Å²) in [6.07, 6.45) is 2.42. The summed E-state index contributed by atoms with van der Waals surface area (Å²) in [6.45, 7) is 0.546. The van der Waals surface area contributed by atoms with Crippen LogP contribution in [0.2, 0.25) is 0 Å². The van der Waals surface area contributed by atoms with Crippen LogP contribution in [0.15, 0.2) is 18.2 Å². The number of nitrogens with two attached hydrogens (primary N) is 1. The molecule has 6 heteroatoms. The van der Waals surface area contributed by atoms with E-state index in [-0.39, 0.29) is 11.9 Å². The van der Waals surface area contributed by atoms with Crippen LogP contribution in [-0.4, -0.2) is 43.6 Å². The molecule has 0 saturated carbocycles. The Labute approximate surface area is 123 Å². The average molecular weight is 292 g/mol. The standard InChI is InChI=1S/C15H20N2O4/c1-20-13-7-6-10(9-11(13)16)14(18)17-8-4-3-5-12(17)15(19)21-2/h6-7,9,12H,3-5,8,16H2,1-2H3. The zero-order chi connectivity index (χ0) is 15.4. The Morgan fingerprint density at radius 2 is 2.05 bits per heavy atom. The van der Waals surface area contributed by atoms with Crippen LogP contribution in [0.4, 0.5) is 5.69 Å². The van der Waals surface area contributed by atoms with Gasteiger partial charge in [0, 0.05) is 12.1 Å².